The van der Waals surface area contributed by atoms with Crippen molar-refractivity contribution in [3.05, 3.63) is 0 Å². The molecule has 3 nitrogen and oxygen atoms in total. The molecule has 0 spiro atoms. The van der Waals surface area contributed by atoms with Crippen LogP contribution in [-0.4, -0.2) is 35.6 Å². The molecule has 76 valence electrons. The number of rotatable bonds is 2. The van der Waals surface area contributed by atoms with Gasteiger partial charge < -0.3 is 10.0 Å². The second-order valence-corrected chi connectivity index (χ2v) is 4.06. The van der Waals surface area contributed by atoms with E-state index >= 15 is 0 Å². The molecule has 0 radical (unpaired) electrons. The third-order valence-corrected chi connectivity index (χ3v) is 3.19. The number of nitrogens with zero attached hydrogens (tertiary/aromatic N) is 1. The van der Waals surface area contributed by atoms with Crippen LogP contribution in [0.1, 0.15) is 33.1 Å². The molecule has 0 aliphatic carbocycles. The molecule has 0 bridgehead atoms. The molecule has 0 aromatic rings. The molecule has 1 fully saturated rings. The Bertz CT molecular complexity index is 187. The number of aliphatic hydroxyl groups is 1. The van der Waals surface area contributed by atoms with Crippen molar-refractivity contribution in [2.45, 2.75) is 33.1 Å². The van der Waals surface area contributed by atoms with E-state index in [1.54, 1.807) is 6.92 Å². The minimum atomic E-state index is -0.0239. The van der Waals surface area contributed by atoms with Crippen molar-refractivity contribution in [3.63, 3.8) is 0 Å². The normalized spacial score (nSPS) is 29.0. The zero-order chi connectivity index (χ0) is 9.90. The third kappa shape index (κ3) is 2.21. The molecule has 1 heterocycles. The quantitative estimate of drug-likeness (QED) is 0.697. The van der Waals surface area contributed by atoms with Crippen molar-refractivity contribution in [2.24, 2.45) is 5.41 Å². The number of hydrogen-bond donors (Lipinski definition) is 1. The highest BCUT2D eigenvalue weighted by Gasteiger charge is 2.33. The van der Waals surface area contributed by atoms with Gasteiger partial charge in [-0.2, -0.15) is 0 Å². The Morgan fingerprint density at radius 3 is 2.77 bits per heavy atom. The first-order valence-corrected chi connectivity index (χ1v) is 5.00. The molecule has 1 atom stereocenters. The SMILES string of the molecule is CCC1(CO)CCCN(C(C)=O)C1. The lowest BCUT2D eigenvalue weighted by molar-refractivity contribution is -0.133. The molecule has 3 heteroatoms. The molecule has 1 saturated heterocycles. The van der Waals surface area contributed by atoms with Crippen LogP contribution >= 0.6 is 0 Å². The van der Waals surface area contributed by atoms with Gasteiger partial charge in [0.25, 0.3) is 0 Å². The van der Waals surface area contributed by atoms with Gasteiger partial charge in [0, 0.05) is 25.4 Å². The topological polar surface area (TPSA) is 40.5 Å². The average Bonchev–Trinajstić information content (AvgIpc) is 2.18. The van der Waals surface area contributed by atoms with Crippen molar-refractivity contribution >= 4 is 5.91 Å². The van der Waals surface area contributed by atoms with E-state index < -0.39 is 0 Å². The molecule has 0 aromatic heterocycles. The summed E-state index contributed by atoms with van der Waals surface area (Å²) in [6.07, 6.45) is 3.02. The Morgan fingerprint density at radius 2 is 2.31 bits per heavy atom. The minimum absolute atomic E-state index is 0.0239. The molecule has 0 aromatic carbocycles. The summed E-state index contributed by atoms with van der Waals surface area (Å²) < 4.78 is 0. The van der Waals surface area contributed by atoms with Gasteiger partial charge >= 0.3 is 0 Å². The van der Waals surface area contributed by atoms with Gasteiger partial charge in [-0.05, 0) is 19.3 Å². The van der Waals surface area contributed by atoms with Gasteiger partial charge in [0.05, 0.1) is 6.61 Å². The highest BCUT2D eigenvalue weighted by atomic mass is 16.3. The highest BCUT2D eigenvalue weighted by Crippen LogP contribution is 2.32. The lowest BCUT2D eigenvalue weighted by atomic mass is 9.78. The maximum atomic E-state index is 11.2. The van der Waals surface area contributed by atoms with Crippen LogP contribution in [0.2, 0.25) is 0 Å². The Balaban J connectivity index is 2.63. The maximum Gasteiger partial charge on any atom is 0.219 e. The van der Waals surface area contributed by atoms with E-state index in [1.165, 1.54) is 0 Å². The Hall–Kier alpha value is -0.570. The van der Waals surface area contributed by atoms with Crippen LogP contribution in [0.4, 0.5) is 0 Å². The first-order valence-electron chi connectivity index (χ1n) is 5.00. The summed E-state index contributed by atoms with van der Waals surface area (Å²) in [4.78, 5) is 13.0. The lowest BCUT2D eigenvalue weighted by Gasteiger charge is -2.41. The van der Waals surface area contributed by atoms with Gasteiger partial charge in [-0.25, -0.2) is 0 Å². The highest BCUT2D eigenvalue weighted by molar-refractivity contribution is 5.73. The predicted octanol–water partition coefficient (Wildman–Crippen LogP) is 1.02. The van der Waals surface area contributed by atoms with Crippen molar-refractivity contribution < 1.29 is 9.90 Å². The summed E-state index contributed by atoms with van der Waals surface area (Å²) in [5.41, 5.74) is -0.0239. The van der Waals surface area contributed by atoms with E-state index in [-0.39, 0.29) is 17.9 Å². The number of amides is 1. The molecule has 0 saturated carbocycles. The molecule has 1 aliphatic rings. The average molecular weight is 185 g/mol. The summed E-state index contributed by atoms with van der Waals surface area (Å²) in [6, 6.07) is 0. The van der Waals surface area contributed by atoms with Crippen molar-refractivity contribution in [1.82, 2.24) is 4.90 Å². The fourth-order valence-electron chi connectivity index (χ4n) is 2.01. The Labute approximate surface area is 79.7 Å². The van der Waals surface area contributed by atoms with Gasteiger partial charge in [-0.1, -0.05) is 6.92 Å². The first kappa shape index (κ1) is 10.5. The second-order valence-electron chi connectivity index (χ2n) is 4.06. The van der Waals surface area contributed by atoms with Crippen molar-refractivity contribution in [2.75, 3.05) is 19.7 Å². The second kappa shape index (κ2) is 4.09. The van der Waals surface area contributed by atoms with Gasteiger partial charge in [-0.3, -0.25) is 4.79 Å². The number of aliphatic hydroxyl groups excluding tert-OH is 1. The molecule has 1 aliphatic heterocycles. The largest absolute Gasteiger partial charge is 0.396 e. The Morgan fingerprint density at radius 1 is 1.62 bits per heavy atom. The lowest BCUT2D eigenvalue weighted by Crippen LogP contribution is -2.46. The van der Waals surface area contributed by atoms with E-state index in [4.69, 9.17) is 0 Å². The summed E-state index contributed by atoms with van der Waals surface area (Å²) in [7, 11) is 0. The fraction of sp³-hybridized carbons (Fsp3) is 0.900. The van der Waals surface area contributed by atoms with Crippen LogP contribution in [-0.2, 0) is 4.79 Å². The fourth-order valence-corrected chi connectivity index (χ4v) is 2.01. The molecule has 1 amide bonds. The van der Waals surface area contributed by atoms with Crippen LogP contribution in [0, 0.1) is 5.41 Å². The summed E-state index contributed by atoms with van der Waals surface area (Å²) >= 11 is 0. The smallest absolute Gasteiger partial charge is 0.219 e. The molecular weight excluding hydrogens is 166 g/mol. The summed E-state index contributed by atoms with van der Waals surface area (Å²) in [6.45, 7) is 5.47. The van der Waals surface area contributed by atoms with E-state index in [9.17, 15) is 9.90 Å². The van der Waals surface area contributed by atoms with Crippen LogP contribution in [0.5, 0.6) is 0 Å². The Kier molecular flexibility index (Phi) is 3.31. The number of carbonyl (C=O) groups is 1. The van der Waals surface area contributed by atoms with Crippen LogP contribution in [0.25, 0.3) is 0 Å². The van der Waals surface area contributed by atoms with Gasteiger partial charge in [0.15, 0.2) is 0 Å². The van der Waals surface area contributed by atoms with Crippen LogP contribution in [0.15, 0.2) is 0 Å². The van der Waals surface area contributed by atoms with Gasteiger partial charge in [-0.15, -0.1) is 0 Å². The predicted molar refractivity (Wildman–Crippen MR) is 51.3 cm³/mol. The van der Waals surface area contributed by atoms with Crippen LogP contribution < -0.4 is 0 Å². The van der Waals surface area contributed by atoms with Crippen molar-refractivity contribution in [1.29, 1.82) is 0 Å². The third-order valence-electron chi connectivity index (χ3n) is 3.19. The first-order chi connectivity index (χ1) is 6.13. The van der Waals surface area contributed by atoms with Crippen LogP contribution in [0.3, 0.4) is 0 Å². The minimum Gasteiger partial charge on any atom is -0.396 e. The van der Waals surface area contributed by atoms with Gasteiger partial charge in [0.1, 0.15) is 0 Å². The number of hydrogen-bond acceptors (Lipinski definition) is 2. The van der Waals surface area contributed by atoms with Crippen molar-refractivity contribution in [3.8, 4) is 0 Å². The van der Waals surface area contributed by atoms with E-state index in [1.807, 2.05) is 4.90 Å². The zero-order valence-corrected chi connectivity index (χ0v) is 8.55. The number of carbonyl (C=O) groups excluding carboxylic acids is 1. The van der Waals surface area contributed by atoms with E-state index in [0.717, 1.165) is 32.4 Å². The zero-order valence-electron chi connectivity index (χ0n) is 8.55. The summed E-state index contributed by atoms with van der Waals surface area (Å²) in [5, 5.41) is 9.30. The molecular formula is C10H19NO2. The monoisotopic (exact) mass is 185 g/mol. The summed E-state index contributed by atoms with van der Waals surface area (Å²) in [5.74, 6) is 0.131. The molecule has 1 N–H and O–H groups in total. The number of piperidine rings is 1. The molecule has 1 unspecified atom stereocenters. The standard InChI is InChI=1S/C10H19NO2/c1-3-10(8-12)5-4-6-11(7-10)9(2)13/h12H,3-8H2,1-2H3. The van der Waals surface area contributed by atoms with Gasteiger partial charge in [0.2, 0.25) is 5.91 Å². The van der Waals surface area contributed by atoms with E-state index in [2.05, 4.69) is 6.92 Å². The maximum absolute atomic E-state index is 11.2. The number of likely N-dealkylation sites (tertiary alicyclic amines) is 1. The van der Waals surface area contributed by atoms with E-state index in [0.29, 0.717) is 0 Å². The molecule has 13 heavy (non-hydrogen) atoms. The molecule has 1 rings (SSSR count).